The second-order valence-corrected chi connectivity index (χ2v) is 7.50. The van der Waals surface area contributed by atoms with E-state index in [1.165, 1.54) is 28.6 Å². The second-order valence-electron chi connectivity index (χ2n) is 5.56. The van der Waals surface area contributed by atoms with Gasteiger partial charge in [0.15, 0.2) is 6.61 Å². The van der Waals surface area contributed by atoms with Crippen molar-refractivity contribution in [1.29, 1.82) is 0 Å². The first-order chi connectivity index (χ1) is 10.4. The maximum Gasteiger partial charge on any atom is 0.341 e. The highest BCUT2D eigenvalue weighted by atomic mass is 32.2. The number of carboxylic acid groups (broad SMARTS) is 1. The summed E-state index contributed by atoms with van der Waals surface area (Å²) in [5, 5.41) is 8.53. The Hall–Kier alpha value is -1.64. The van der Waals surface area contributed by atoms with Crippen LogP contribution >= 0.6 is 0 Å². The lowest BCUT2D eigenvalue weighted by Gasteiger charge is -2.45. The van der Waals surface area contributed by atoms with Crippen molar-refractivity contribution in [3.8, 4) is 5.75 Å². The predicted octanol–water partition coefficient (Wildman–Crippen LogP) is 0.704. The number of carbonyl (C=O) groups is 1. The van der Waals surface area contributed by atoms with Crippen molar-refractivity contribution in [3.63, 3.8) is 0 Å². The highest BCUT2D eigenvalue weighted by Gasteiger charge is 2.51. The van der Waals surface area contributed by atoms with Crippen LogP contribution in [0.2, 0.25) is 0 Å². The lowest BCUT2D eigenvalue weighted by atomic mass is 9.94. The molecule has 1 aromatic carbocycles. The van der Waals surface area contributed by atoms with Gasteiger partial charge in [0.25, 0.3) is 0 Å². The van der Waals surface area contributed by atoms with Crippen LogP contribution in [-0.4, -0.2) is 55.7 Å². The van der Waals surface area contributed by atoms with E-state index in [-0.39, 0.29) is 10.5 Å². The highest BCUT2D eigenvalue weighted by Crippen LogP contribution is 2.38. The number of sulfonamides is 1. The zero-order valence-electron chi connectivity index (χ0n) is 11.9. The van der Waals surface area contributed by atoms with E-state index >= 15 is 0 Å². The van der Waals surface area contributed by atoms with E-state index in [1.54, 1.807) is 0 Å². The molecule has 2 aliphatic heterocycles. The Morgan fingerprint density at radius 2 is 2.00 bits per heavy atom. The molecule has 1 spiro atoms. The molecular weight excluding hydrogens is 310 g/mol. The summed E-state index contributed by atoms with van der Waals surface area (Å²) in [7, 11) is -3.53. The third kappa shape index (κ3) is 2.81. The lowest BCUT2D eigenvalue weighted by molar-refractivity contribution is -0.139. The van der Waals surface area contributed by atoms with Gasteiger partial charge in [0.2, 0.25) is 10.0 Å². The van der Waals surface area contributed by atoms with Crippen molar-refractivity contribution in [1.82, 2.24) is 4.31 Å². The van der Waals surface area contributed by atoms with E-state index in [1.807, 2.05) is 0 Å². The van der Waals surface area contributed by atoms with Gasteiger partial charge in [-0.1, -0.05) is 0 Å². The standard InChI is InChI=1S/C14H17NO6S/c16-13(17)8-20-11-2-4-12(5-3-11)22(18,19)15-9-14(10-15)6-1-7-21-14/h2-5H,1,6-10H2,(H,16,17). The van der Waals surface area contributed by atoms with Crippen LogP contribution in [0.4, 0.5) is 0 Å². The molecule has 2 fully saturated rings. The van der Waals surface area contributed by atoms with Gasteiger partial charge in [-0.3, -0.25) is 0 Å². The van der Waals surface area contributed by atoms with Crippen LogP contribution in [0.1, 0.15) is 12.8 Å². The minimum atomic E-state index is -3.53. The zero-order valence-corrected chi connectivity index (χ0v) is 12.7. The molecule has 2 saturated heterocycles. The number of carboxylic acids is 1. The van der Waals surface area contributed by atoms with Crippen molar-refractivity contribution in [2.45, 2.75) is 23.3 Å². The third-order valence-corrected chi connectivity index (χ3v) is 5.74. The van der Waals surface area contributed by atoms with Gasteiger partial charge in [0, 0.05) is 19.7 Å². The Balaban J connectivity index is 1.66. The average molecular weight is 327 g/mol. The molecule has 0 saturated carbocycles. The average Bonchev–Trinajstić information content (AvgIpc) is 2.94. The summed E-state index contributed by atoms with van der Waals surface area (Å²) >= 11 is 0. The molecule has 0 unspecified atom stereocenters. The van der Waals surface area contributed by atoms with Crippen LogP contribution < -0.4 is 4.74 Å². The maximum atomic E-state index is 12.5. The van der Waals surface area contributed by atoms with Gasteiger partial charge in [-0.05, 0) is 37.1 Å². The summed E-state index contributed by atoms with van der Waals surface area (Å²) in [5.74, 6) is -0.764. The van der Waals surface area contributed by atoms with E-state index < -0.39 is 22.6 Å². The smallest absolute Gasteiger partial charge is 0.341 e. The fourth-order valence-electron chi connectivity index (χ4n) is 2.77. The van der Waals surface area contributed by atoms with E-state index in [0.29, 0.717) is 25.4 Å². The van der Waals surface area contributed by atoms with Crippen molar-refractivity contribution < 1.29 is 27.8 Å². The molecule has 3 rings (SSSR count). The first-order valence-electron chi connectivity index (χ1n) is 7.00. The molecule has 1 aromatic rings. The Kier molecular flexibility index (Phi) is 3.84. The van der Waals surface area contributed by atoms with Crippen LogP contribution in [0.15, 0.2) is 29.2 Å². The molecular formula is C14H17NO6S. The molecule has 1 N–H and O–H groups in total. The van der Waals surface area contributed by atoms with Crippen LogP contribution in [0.5, 0.6) is 5.75 Å². The maximum absolute atomic E-state index is 12.5. The van der Waals surface area contributed by atoms with E-state index in [4.69, 9.17) is 14.6 Å². The summed E-state index contributed by atoms with van der Waals surface area (Å²) in [6, 6.07) is 5.76. The first-order valence-corrected chi connectivity index (χ1v) is 8.44. The van der Waals surface area contributed by atoms with Gasteiger partial charge in [-0.25, -0.2) is 13.2 Å². The van der Waals surface area contributed by atoms with Crippen LogP contribution in [0.25, 0.3) is 0 Å². The quantitative estimate of drug-likeness (QED) is 0.856. The van der Waals surface area contributed by atoms with E-state index in [2.05, 4.69) is 0 Å². The lowest BCUT2D eigenvalue weighted by Crippen LogP contribution is -2.62. The van der Waals surface area contributed by atoms with Gasteiger partial charge in [0.1, 0.15) is 5.75 Å². The summed E-state index contributed by atoms with van der Waals surface area (Å²) in [6.07, 6.45) is 1.88. The summed E-state index contributed by atoms with van der Waals surface area (Å²) in [5.41, 5.74) is -0.280. The molecule has 0 bridgehead atoms. The second kappa shape index (κ2) is 5.53. The molecule has 0 aromatic heterocycles. The van der Waals surface area contributed by atoms with Gasteiger partial charge in [-0.15, -0.1) is 0 Å². The minimum Gasteiger partial charge on any atom is -0.482 e. The van der Waals surface area contributed by atoms with E-state index in [0.717, 1.165) is 12.8 Å². The normalized spacial score (nSPS) is 20.7. The fourth-order valence-corrected chi connectivity index (χ4v) is 4.36. The van der Waals surface area contributed by atoms with Crippen LogP contribution in [-0.2, 0) is 19.6 Å². The summed E-state index contributed by atoms with van der Waals surface area (Å²) < 4.78 is 37.0. The Morgan fingerprint density at radius 1 is 1.32 bits per heavy atom. The Labute approximate surface area is 128 Å². The number of hydrogen-bond acceptors (Lipinski definition) is 5. The van der Waals surface area contributed by atoms with Gasteiger partial charge < -0.3 is 14.6 Å². The molecule has 2 aliphatic rings. The summed E-state index contributed by atoms with van der Waals surface area (Å²) in [4.78, 5) is 10.6. The SMILES string of the molecule is O=C(O)COc1ccc(S(=O)(=O)N2CC3(CCCO3)C2)cc1. The summed E-state index contributed by atoms with van der Waals surface area (Å²) in [6.45, 7) is 1.03. The number of ether oxygens (including phenoxy) is 2. The van der Waals surface area contributed by atoms with Gasteiger partial charge in [-0.2, -0.15) is 4.31 Å². The number of hydrogen-bond donors (Lipinski definition) is 1. The molecule has 2 heterocycles. The highest BCUT2D eigenvalue weighted by molar-refractivity contribution is 7.89. The first kappa shape index (κ1) is 15.3. The molecule has 8 heteroatoms. The Bertz CT molecular complexity index is 655. The van der Waals surface area contributed by atoms with Crippen LogP contribution in [0.3, 0.4) is 0 Å². The minimum absolute atomic E-state index is 0.169. The van der Waals surface area contributed by atoms with Crippen molar-refractivity contribution in [2.75, 3.05) is 26.3 Å². The molecule has 0 amide bonds. The number of aliphatic carboxylic acids is 1. The third-order valence-electron chi connectivity index (χ3n) is 3.94. The largest absolute Gasteiger partial charge is 0.482 e. The molecule has 0 radical (unpaired) electrons. The molecule has 120 valence electrons. The van der Waals surface area contributed by atoms with Gasteiger partial charge >= 0.3 is 5.97 Å². The number of nitrogens with zero attached hydrogens (tertiary/aromatic N) is 1. The van der Waals surface area contributed by atoms with E-state index in [9.17, 15) is 13.2 Å². The fraction of sp³-hybridized carbons (Fsp3) is 0.500. The molecule has 22 heavy (non-hydrogen) atoms. The van der Waals surface area contributed by atoms with Crippen molar-refractivity contribution >= 4 is 16.0 Å². The number of rotatable bonds is 5. The van der Waals surface area contributed by atoms with Crippen LogP contribution in [0, 0.1) is 0 Å². The van der Waals surface area contributed by atoms with Crippen molar-refractivity contribution in [3.05, 3.63) is 24.3 Å². The molecule has 7 nitrogen and oxygen atoms in total. The zero-order chi connectivity index (χ0) is 15.8. The molecule has 0 atom stereocenters. The Morgan fingerprint density at radius 3 is 2.55 bits per heavy atom. The monoisotopic (exact) mass is 327 g/mol. The topological polar surface area (TPSA) is 93.1 Å². The molecule has 0 aliphatic carbocycles. The van der Waals surface area contributed by atoms with Crippen molar-refractivity contribution in [2.24, 2.45) is 0 Å². The number of benzene rings is 1. The van der Waals surface area contributed by atoms with Gasteiger partial charge in [0.05, 0.1) is 10.5 Å². The predicted molar refractivity (Wildman–Crippen MR) is 76.2 cm³/mol.